The Labute approximate surface area is 118 Å². The molecule has 0 aliphatic rings. The number of carbonyl (C=O) groups excluding carboxylic acids is 1. The van der Waals surface area contributed by atoms with E-state index in [4.69, 9.17) is 9.84 Å². The number of carbonyl (C=O) groups is 2. The van der Waals surface area contributed by atoms with Crippen molar-refractivity contribution in [2.45, 2.75) is 20.3 Å². The Bertz CT molecular complexity index is 454. The highest BCUT2D eigenvalue weighted by Gasteiger charge is 2.04. The van der Waals surface area contributed by atoms with Crippen molar-refractivity contribution >= 4 is 12.0 Å². The van der Waals surface area contributed by atoms with Gasteiger partial charge in [0.15, 0.2) is 0 Å². The summed E-state index contributed by atoms with van der Waals surface area (Å²) in [6.45, 7) is 4.76. The monoisotopic (exact) mass is 280 g/mol. The summed E-state index contributed by atoms with van der Waals surface area (Å²) < 4.78 is 5.62. The van der Waals surface area contributed by atoms with E-state index >= 15 is 0 Å². The number of amides is 2. The van der Waals surface area contributed by atoms with Crippen molar-refractivity contribution < 1.29 is 19.4 Å². The van der Waals surface area contributed by atoms with Crippen molar-refractivity contribution in [1.29, 1.82) is 0 Å². The Morgan fingerprint density at radius 1 is 1.15 bits per heavy atom. The SMILES string of the molecule is Cc1cccc(C)c1OCCNC(=O)NCCC(=O)O. The van der Waals surface area contributed by atoms with E-state index < -0.39 is 12.0 Å². The zero-order valence-electron chi connectivity index (χ0n) is 11.7. The van der Waals surface area contributed by atoms with E-state index in [1.165, 1.54) is 0 Å². The molecule has 3 N–H and O–H groups in total. The molecule has 110 valence electrons. The number of rotatable bonds is 7. The summed E-state index contributed by atoms with van der Waals surface area (Å²) in [6, 6.07) is 5.50. The first-order valence-corrected chi connectivity index (χ1v) is 6.43. The van der Waals surface area contributed by atoms with Crippen LogP contribution in [0.2, 0.25) is 0 Å². The molecule has 0 heterocycles. The first-order valence-electron chi connectivity index (χ1n) is 6.43. The van der Waals surface area contributed by atoms with Gasteiger partial charge in [-0.1, -0.05) is 18.2 Å². The first-order chi connectivity index (χ1) is 9.50. The topological polar surface area (TPSA) is 87.7 Å². The molecule has 0 aliphatic heterocycles. The van der Waals surface area contributed by atoms with Crippen LogP contribution in [0.4, 0.5) is 4.79 Å². The maximum atomic E-state index is 11.3. The van der Waals surface area contributed by atoms with E-state index in [2.05, 4.69) is 10.6 Å². The second kappa shape index (κ2) is 8.04. The molecule has 0 bridgehead atoms. The van der Waals surface area contributed by atoms with Gasteiger partial charge in [0.25, 0.3) is 0 Å². The van der Waals surface area contributed by atoms with Gasteiger partial charge < -0.3 is 20.5 Å². The van der Waals surface area contributed by atoms with E-state index in [0.29, 0.717) is 13.2 Å². The van der Waals surface area contributed by atoms with Crippen LogP contribution in [0.1, 0.15) is 17.5 Å². The molecule has 0 saturated heterocycles. The van der Waals surface area contributed by atoms with Gasteiger partial charge in [0.2, 0.25) is 0 Å². The Morgan fingerprint density at radius 3 is 2.35 bits per heavy atom. The number of ether oxygens (including phenoxy) is 1. The van der Waals surface area contributed by atoms with Crippen LogP contribution in [0.15, 0.2) is 18.2 Å². The molecular weight excluding hydrogens is 260 g/mol. The Balaban J connectivity index is 2.21. The summed E-state index contributed by atoms with van der Waals surface area (Å²) in [5.41, 5.74) is 2.10. The van der Waals surface area contributed by atoms with E-state index in [9.17, 15) is 9.59 Å². The third-order valence-electron chi connectivity index (χ3n) is 2.67. The normalized spacial score (nSPS) is 9.90. The lowest BCUT2D eigenvalue weighted by Gasteiger charge is -2.12. The van der Waals surface area contributed by atoms with Crippen LogP contribution in [0.3, 0.4) is 0 Å². The fourth-order valence-corrected chi connectivity index (χ4v) is 1.69. The predicted molar refractivity (Wildman–Crippen MR) is 75.1 cm³/mol. The molecule has 0 atom stereocenters. The van der Waals surface area contributed by atoms with Gasteiger partial charge in [-0.15, -0.1) is 0 Å². The van der Waals surface area contributed by atoms with Crippen molar-refractivity contribution in [3.8, 4) is 5.75 Å². The maximum Gasteiger partial charge on any atom is 0.314 e. The van der Waals surface area contributed by atoms with Gasteiger partial charge in [-0.2, -0.15) is 0 Å². The summed E-state index contributed by atoms with van der Waals surface area (Å²) in [4.78, 5) is 21.6. The molecule has 20 heavy (non-hydrogen) atoms. The summed E-state index contributed by atoms with van der Waals surface area (Å²) in [5, 5.41) is 13.5. The number of nitrogens with one attached hydrogen (secondary N) is 2. The minimum Gasteiger partial charge on any atom is -0.491 e. The number of hydrogen-bond acceptors (Lipinski definition) is 3. The fourth-order valence-electron chi connectivity index (χ4n) is 1.69. The summed E-state index contributed by atoms with van der Waals surface area (Å²) in [5.74, 6) is -0.107. The van der Waals surface area contributed by atoms with Crippen LogP contribution < -0.4 is 15.4 Å². The molecule has 1 aromatic rings. The highest BCUT2D eigenvalue weighted by Crippen LogP contribution is 2.21. The van der Waals surface area contributed by atoms with E-state index in [1.54, 1.807) is 0 Å². The van der Waals surface area contributed by atoms with E-state index in [0.717, 1.165) is 16.9 Å². The van der Waals surface area contributed by atoms with Gasteiger partial charge in [-0.05, 0) is 25.0 Å². The second-order valence-electron chi connectivity index (χ2n) is 4.40. The quantitative estimate of drug-likeness (QED) is 0.660. The summed E-state index contributed by atoms with van der Waals surface area (Å²) >= 11 is 0. The van der Waals surface area contributed by atoms with Gasteiger partial charge in [-0.25, -0.2) is 4.79 Å². The average Bonchev–Trinajstić information content (AvgIpc) is 2.37. The van der Waals surface area contributed by atoms with Crippen molar-refractivity contribution in [3.05, 3.63) is 29.3 Å². The van der Waals surface area contributed by atoms with Gasteiger partial charge in [0.05, 0.1) is 13.0 Å². The highest BCUT2D eigenvalue weighted by atomic mass is 16.5. The van der Waals surface area contributed by atoms with Crippen LogP contribution in [-0.4, -0.2) is 36.8 Å². The minimum absolute atomic E-state index is 0.0909. The molecule has 0 unspecified atom stereocenters. The molecule has 0 aromatic heterocycles. The lowest BCUT2D eigenvalue weighted by atomic mass is 10.1. The third kappa shape index (κ3) is 5.60. The molecule has 0 saturated carbocycles. The number of hydrogen-bond donors (Lipinski definition) is 3. The zero-order chi connectivity index (χ0) is 15.0. The smallest absolute Gasteiger partial charge is 0.314 e. The zero-order valence-corrected chi connectivity index (χ0v) is 11.7. The van der Waals surface area contributed by atoms with Crippen molar-refractivity contribution in [1.82, 2.24) is 10.6 Å². The minimum atomic E-state index is -0.941. The molecule has 1 aromatic carbocycles. The average molecular weight is 280 g/mol. The van der Waals surface area contributed by atoms with Crippen LogP contribution in [0.5, 0.6) is 5.75 Å². The summed E-state index contributed by atoms with van der Waals surface area (Å²) in [7, 11) is 0. The number of aliphatic carboxylic acids is 1. The predicted octanol–water partition coefficient (Wildman–Crippen LogP) is 1.46. The highest BCUT2D eigenvalue weighted by molar-refractivity contribution is 5.74. The molecule has 0 spiro atoms. The van der Waals surface area contributed by atoms with Gasteiger partial charge >= 0.3 is 12.0 Å². The summed E-state index contributed by atoms with van der Waals surface area (Å²) in [6.07, 6.45) is -0.0909. The molecule has 0 fully saturated rings. The first kappa shape index (κ1) is 15.8. The molecule has 0 radical (unpaired) electrons. The molecule has 6 heteroatoms. The Hall–Kier alpha value is -2.24. The number of carboxylic acids is 1. The molecule has 0 aliphatic carbocycles. The number of benzene rings is 1. The number of aryl methyl sites for hydroxylation is 2. The molecule has 2 amide bonds. The van der Waals surface area contributed by atoms with Crippen molar-refractivity contribution in [2.75, 3.05) is 19.7 Å². The van der Waals surface area contributed by atoms with Crippen molar-refractivity contribution in [3.63, 3.8) is 0 Å². The van der Waals surface area contributed by atoms with E-state index in [1.807, 2.05) is 32.0 Å². The lowest BCUT2D eigenvalue weighted by Crippen LogP contribution is -2.38. The van der Waals surface area contributed by atoms with Crippen LogP contribution in [0, 0.1) is 13.8 Å². The lowest BCUT2D eigenvalue weighted by molar-refractivity contribution is -0.136. The standard InChI is InChI=1S/C14H20N2O4/c1-10-4-3-5-11(2)13(10)20-9-8-16-14(19)15-7-6-12(17)18/h3-5H,6-9H2,1-2H3,(H,17,18)(H2,15,16,19). The van der Waals surface area contributed by atoms with Gasteiger partial charge in [0.1, 0.15) is 12.4 Å². The van der Waals surface area contributed by atoms with Crippen molar-refractivity contribution in [2.24, 2.45) is 0 Å². The molecular formula is C14H20N2O4. The largest absolute Gasteiger partial charge is 0.491 e. The van der Waals surface area contributed by atoms with Crippen LogP contribution >= 0.6 is 0 Å². The number of para-hydroxylation sites is 1. The Morgan fingerprint density at radius 2 is 1.75 bits per heavy atom. The molecule has 1 rings (SSSR count). The Kier molecular flexibility index (Phi) is 6.36. The van der Waals surface area contributed by atoms with Gasteiger partial charge in [-0.3, -0.25) is 4.79 Å². The van der Waals surface area contributed by atoms with Gasteiger partial charge in [0, 0.05) is 6.54 Å². The maximum absolute atomic E-state index is 11.3. The second-order valence-corrected chi connectivity index (χ2v) is 4.40. The number of carboxylic acid groups (broad SMARTS) is 1. The number of urea groups is 1. The fraction of sp³-hybridized carbons (Fsp3) is 0.429. The van der Waals surface area contributed by atoms with Crippen LogP contribution in [0.25, 0.3) is 0 Å². The van der Waals surface area contributed by atoms with E-state index in [-0.39, 0.29) is 13.0 Å². The molecule has 6 nitrogen and oxygen atoms in total. The van der Waals surface area contributed by atoms with Crippen LogP contribution in [-0.2, 0) is 4.79 Å². The third-order valence-corrected chi connectivity index (χ3v) is 2.67.